The third-order valence-electron chi connectivity index (χ3n) is 2.43. The number of nitrogen functional groups attached to an aromatic ring is 1. The molecule has 0 radical (unpaired) electrons. The van der Waals surface area contributed by atoms with Crippen LogP contribution in [0.4, 0.5) is 11.4 Å². The number of hydrogen-bond donors (Lipinski definition) is 2. The molecule has 1 aromatic heterocycles. The normalized spacial score (nSPS) is 11.5. The Balaban J connectivity index is 2.42. The lowest BCUT2D eigenvalue weighted by atomic mass is 10.2. The van der Waals surface area contributed by atoms with Crippen LogP contribution < -0.4 is 10.5 Å². The molecule has 0 fully saturated rings. The lowest BCUT2D eigenvalue weighted by Gasteiger charge is -2.11. The van der Waals surface area contributed by atoms with Crippen molar-refractivity contribution in [1.29, 1.82) is 0 Å². The lowest BCUT2D eigenvalue weighted by molar-refractivity contribution is 0.603. The number of nitrogens with one attached hydrogen (secondary N) is 1. The third-order valence-corrected chi connectivity index (χ3v) is 6.73. The van der Waals surface area contributed by atoms with Gasteiger partial charge in [-0.3, -0.25) is 4.72 Å². The minimum atomic E-state index is -3.69. The molecule has 19 heavy (non-hydrogen) atoms. The molecule has 2 rings (SSSR count). The molecule has 1 aromatic carbocycles. The summed E-state index contributed by atoms with van der Waals surface area (Å²) in [7, 11) is -3.69. The van der Waals surface area contributed by atoms with Gasteiger partial charge in [-0.2, -0.15) is 0 Å². The second kappa shape index (κ2) is 5.32. The molecule has 8 heteroatoms. The molecule has 2 aromatic rings. The molecule has 102 valence electrons. The topological polar surface area (TPSA) is 72.2 Å². The van der Waals surface area contributed by atoms with Crippen LogP contribution in [0, 0.1) is 6.92 Å². The van der Waals surface area contributed by atoms with Crippen molar-refractivity contribution in [2.24, 2.45) is 0 Å². The van der Waals surface area contributed by atoms with E-state index in [2.05, 4.69) is 20.7 Å². The summed E-state index contributed by atoms with van der Waals surface area (Å²) < 4.78 is 27.7. The smallest absolute Gasteiger partial charge is 0.271 e. The van der Waals surface area contributed by atoms with E-state index in [0.29, 0.717) is 20.2 Å². The minimum Gasteiger partial charge on any atom is -0.397 e. The van der Waals surface area contributed by atoms with Crippen LogP contribution >= 0.6 is 38.9 Å². The van der Waals surface area contributed by atoms with Crippen LogP contribution in [0.3, 0.4) is 0 Å². The van der Waals surface area contributed by atoms with Gasteiger partial charge in [-0.15, -0.1) is 11.3 Å². The molecular weight excluding hydrogens is 372 g/mol. The summed E-state index contributed by atoms with van der Waals surface area (Å²) in [5.41, 5.74) is 7.31. The van der Waals surface area contributed by atoms with Crippen LogP contribution in [0.5, 0.6) is 0 Å². The summed E-state index contributed by atoms with van der Waals surface area (Å²) in [5, 5.41) is 0.364. The highest BCUT2D eigenvalue weighted by molar-refractivity contribution is 9.11. The number of sulfonamides is 1. The SMILES string of the molecule is Cc1cccc(N)c1NS(=O)(=O)c1cc(Cl)c(Br)s1. The van der Waals surface area contributed by atoms with E-state index in [1.807, 2.05) is 0 Å². The molecular formula is C11H10BrClN2O2S2. The zero-order valence-corrected chi connectivity index (χ0v) is 13.8. The van der Waals surface area contributed by atoms with E-state index in [0.717, 1.165) is 16.9 Å². The van der Waals surface area contributed by atoms with Crippen molar-refractivity contribution < 1.29 is 8.42 Å². The molecule has 0 amide bonds. The Labute approximate surface area is 128 Å². The van der Waals surface area contributed by atoms with E-state index in [1.54, 1.807) is 25.1 Å². The summed E-state index contributed by atoms with van der Waals surface area (Å²) in [6.45, 7) is 1.78. The number of anilines is 2. The van der Waals surface area contributed by atoms with Crippen molar-refractivity contribution in [3.8, 4) is 0 Å². The Bertz CT molecular complexity index is 689. The first kappa shape index (κ1) is 14.6. The van der Waals surface area contributed by atoms with Gasteiger partial charge in [0, 0.05) is 0 Å². The fraction of sp³-hybridized carbons (Fsp3) is 0.0909. The highest BCUT2D eigenvalue weighted by atomic mass is 79.9. The molecule has 0 saturated carbocycles. The molecule has 4 nitrogen and oxygen atoms in total. The fourth-order valence-electron chi connectivity index (χ4n) is 1.47. The Morgan fingerprint density at radius 2 is 2.11 bits per heavy atom. The van der Waals surface area contributed by atoms with E-state index in [1.165, 1.54) is 6.07 Å². The number of rotatable bonds is 3. The van der Waals surface area contributed by atoms with Crippen molar-refractivity contribution in [2.45, 2.75) is 11.1 Å². The maximum atomic E-state index is 12.2. The van der Waals surface area contributed by atoms with E-state index >= 15 is 0 Å². The van der Waals surface area contributed by atoms with Crippen LogP contribution in [-0.2, 0) is 10.0 Å². The van der Waals surface area contributed by atoms with Gasteiger partial charge in [0.2, 0.25) is 0 Å². The minimum absolute atomic E-state index is 0.132. The van der Waals surface area contributed by atoms with Gasteiger partial charge in [0.25, 0.3) is 10.0 Å². The predicted octanol–water partition coefficient (Wildman–Crippen LogP) is 3.86. The molecule has 0 spiro atoms. The number of thiophene rings is 1. The first-order chi connectivity index (χ1) is 8.81. The second-order valence-corrected chi connectivity index (χ2v) is 8.52. The molecule has 1 heterocycles. The second-order valence-electron chi connectivity index (χ2n) is 3.83. The van der Waals surface area contributed by atoms with Crippen LogP contribution in [-0.4, -0.2) is 8.42 Å². The van der Waals surface area contributed by atoms with Crippen molar-refractivity contribution in [3.05, 3.63) is 38.6 Å². The molecule has 0 aliphatic rings. The largest absolute Gasteiger partial charge is 0.397 e. The maximum absolute atomic E-state index is 12.2. The average Bonchev–Trinajstić information content (AvgIpc) is 2.66. The zero-order valence-electron chi connectivity index (χ0n) is 9.78. The number of hydrogen-bond acceptors (Lipinski definition) is 4. The van der Waals surface area contributed by atoms with Crippen LogP contribution in [0.25, 0.3) is 0 Å². The van der Waals surface area contributed by atoms with Gasteiger partial charge in [-0.25, -0.2) is 8.42 Å². The molecule has 0 aliphatic heterocycles. The summed E-state index contributed by atoms with van der Waals surface area (Å²) in [6, 6.07) is 6.59. The van der Waals surface area contributed by atoms with Gasteiger partial charge in [-0.1, -0.05) is 23.7 Å². The summed E-state index contributed by atoms with van der Waals surface area (Å²) >= 11 is 10.1. The number of para-hydroxylation sites is 1. The van der Waals surface area contributed by atoms with Crippen molar-refractivity contribution >= 4 is 60.3 Å². The third kappa shape index (κ3) is 3.05. The Morgan fingerprint density at radius 3 is 2.63 bits per heavy atom. The van der Waals surface area contributed by atoms with E-state index in [-0.39, 0.29) is 4.21 Å². The number of aryl methyl sites for hydroxylation is 1. The van der Waals surface area contributed by atoms with E-state index in [9.17, 15) is 8.42 Å². The Morgan fingerprint density at radius 1 is 1.42 bits per heavy atom. The standard InChI is InChI=1S/C11H10BrClN2O2S2/c1-6-3-2-4-8(14)10(6)15-19(16,17)9-5-7(13)11(12)18-9/h2-5,15H,14H2,1H3. The monoisotopic (exact) mass is 380 g/mol. The highest BCUT2D eigenvalue weighted by Gasteiger charge is 2.20. The summed E-state index contributed by atoms with van der Waals surface area (Å²) in [4.78, 5) is 0. The average molecular weight is 382 g/mol. The summed E-state index contributed by atoms with van der Waals surface area (Å²) in [6.07, 6.45) is 0. The number of nitrogens with two attached hydrogens (primary N) is 1. The van der Waals surface area contributed by atoms with Crippen molar-refractivity contribution in [2.75, 3.05) is 10.5 Å². The number of benzene rings is 1. The van der Waals surface area contributed by atoms with Crippen LogP contribution in [0.15, 0.2) is 32.3 Å². The highest BCUT2D eigenvalue weighted by Crippen LogP contribution is 2.36. The fourth-order valence-corrected chi connectivity index (χ4v) is 5.03. The maximum Gasteiger partial charge on any atom is 0.271 e. The quantitative estimate of drug-likeness (QED) is 0.793. The predicted molar refractivity (Wildman–Crippen MR) is 83.4 cm³/mol. The molecule has 0 aliphatic carbocycles. The van der Waals surface area contributed by atoms with Gasteiger partial charge in [-0.05, 0) is 40.5 Å². The molecule has 3 N–H and O–H groups in total. The van der Waals surface area contributed by atoms with Gasteiger partial charge in [0.15, 0.2) is 0 Å². The van der Waals surface area contributed by atoms with Crippen molar-refractivity contribution in [1.82, 2.24) is 0 Å². The van der Waals surface area contributed by atoms with Gasteiger partial charge < -0.3 is 5.73 Å². The van der Waals surface area contributed by atoms with E-state index in [4.69, 9.17) is 17.3 Å². The molecule has 0 bridgehead atoms. The van der Waals surface area contributed by atoms with Gasteiger partial charge >= 0.3 is 0 Å². The Kier molecular flexibility index (Phi) is 4.10. The van der Waals surface area contributed by atoms with Crippen LogP contribution in [0.2, 0.25) is 5.02 Å². The van der Waals surface area contributed by atoms with Crippen LogP contribution in [0.1, 0.15) is 5.56 Å². The summed E-state index contributed by atoms with van der Waals surface area (Å²) in [5.74, 6) is 0. The van der Waals surface area contributed by atoms with Crippen molar-refractivity contribution in [3.63, 3.8) is 0 Å². The molecule has 0 atom stereocenters. The first-order valence-electron chi connectivity index (χ1n) is 5.14. The number of halogens is 2. The Hall–Kier alpha value is -0.760. The molecule has 0 saturated heterocycles. The van der Waals surface area contributed by atoms with Gasteiger partial charge in [0.1, 0.15) is 4.21 Å². The lowest BCUT2D eigenvalue weighted by Crippen LogP contribution is -2.13. The zero-order chi connectivity index (χ0) is 14.2. The molecule has 0 unspecified atom stereocenters. The van der Waals surface area contributed by atoms with Gasteiger partial charge in [0.05, 0.1) is 20.2 Å². The van der Waals surface area contributed by atoms with E-state index < -0.39 is 10.0 Å². The first-order valence-corrected chi connectivity index (χ1v) is 8.61.